The van der Waals surface area contributed by atoms with Crippen molar-refractivity contribution in [1.29, 1.82) is 0 Å². The van der Waals surface area contributed by atoms with Crippen LogP contribution in [0.5, 0.6) is 0 Å². The van der Waals surface area contributed by atoms with Crippen LogP contribution in [-0.2, 0) is 4.79 Å². The van der Waals surface area contributed by atoms with Crippen LogP contribution in [-0.4, -0.2) is 67.4 Å². The molecule has 2 aliphatic heterocycles. The zero-order chi connectivity index (χ0) is 21.8. The Labute approximate surface area is 182 Å². The molecule has 2 saturated heterocycles. The van der Waals surface area contributed by atoms with Gasteiger partial charge in [-0.2, -0.15) is 0 Å². The minimum Gasteiger partial charge on any atom is -0.372 e. The maximum Gasteiger partial charge on any atom is 0.256 e. The van der Waals surface area contributed by atoms with Crippen LogP contribution in [0, 0.1) is 12.7 Å². The number of halogens is 1. The minimum atomic E-state index is -0.500. The molecule has 0 bridgehead atoms. The van der Waals surface area contributed by atoms with Crippen molar-refractivity contribution in [3.05, 3.63) is 59.4 Å². The van der Waals surface area contributed by atoms with Gasteiger partial charge >= 0.3 is 0 Å². The zero-order valence-electron chi connectivity index (χ0n) is 17.9. The molecule has 2 aromatic rings. The van der Waals surface area contributed by atoms with Crippen LogP contribution in [0.4, 0.5) is 15.8 Å². The SMILES string of the molecule is Cc1cc(N2CCCC2)ccc1NC(=O)CN1CCN(C(=O)c2ccccc2F)CC1. The van der Waals surface area contributed by atoms with Crippen LogP contribution in [0.1, 0.15) is 28.8 Å². The Morgan fingerprint density at radius 1 is 0.968 bits per heavy atom. The molecular formula is C24H29FN4O2. The Kier molecular flexibility index (Phi) is 6.51. The summed E-state index contributed by atoms with van der Waals surface area (Å²) in [6.45, 7) is 6.60. The smallest absolute Gasteiger partial charge is 0.256 e. The van der Waals surface area contributed by atoms with Crippen molar-refractivity contribution in [1.82, 2.24) is 9.80 Å². The number of nitrogens with one attached hydrogen (secondary N) is 1. The third-order valence-corrected chi connectivity index (χ3v) is 6.09. The van der Waals surface area contributed by atoms with Crippen molar-refractivity contribution in [2.75, 3.05) is 56.0 Å². The van der Waals surface area contributed by atoms with Crippen molar-refractivity contribution in [2.45, 2.75) is 19.8 Å². The Balaban J connectivity index is 1.27. The van der Waals surface area contributed by atoms with Crippen LogP contribution in [0.3, 0.4) is 0 Å². The molecule has 7 heteroatoms. The molecule has 1 N–H and O–H groups in total. The number of amides is 2. The molecule has 2 amide bonds. The maximum absolute atomic E-state index is 13.9. The van der Waals surface area contributed by atoms with Crippen molar-refractivity contribution in [2.24, 2.45) is 0 Å². The van der Waals surface area contributed by atoms with Gasteiger partial charge in [0.1, 0.15) is 5.82 Å². The molecule has 2 aromatic carbocycles. The lowest BCUT2D eigenvalue weighted by Gasteiger charge is -2.34. The molecule has 0 spiro atoms. The molecular weight excluding hydrogens is 395 g/mol. The molecule has 2 fully saturated rings. The normalized spacial score (nSPS) is 17.1. The van der Waals surface area contributed by atoms with Gasteiger partial charge in [0, 0.05) is 50.6 Å². The molecule has 0 aromatic heterocycles. The van der Waals surface area contributed by atoms with Crippen molar-refractivity contribution < 1.29 is 14.0 Å². The molecule has 0 saturated carbocycles. The van der Waals surface area contributed by atoms with Gasteiger partial charge in [-0.15, -0.1) is 0 Å². The monoisotopic (exact) mass is 424 g/mol. The van der Waals surface area contributed by atoms with Gasteiger partial charge in [0.25, 0.3) is 5.91 Å². The van der Waals surface area contributed by atoms with Crippen LogP contribution >= 0.6 is 0 Å². The van der Waals surface area contributed by atoms with Crippen molar-refractivity contribution in [3.8, 4) is 0 Å². The lowest BCUT2D eigenvalue weighted by Crippen LogP contribution is -2.50. The predicted molar refractivity (Wildman–Crippen MR) is 120 cm³/mol. The lowest BCUT2D eigenvalue weighted by atomic mass is 10.1. The van der Waals surface area contributed by atoms with E-state index in [0.717, 1.165) is 24.3 Å². The summed E-state index contributed by atoms with van der Waals surface area (Å²) in [6.07, 6.45) is 2.47. The highest BCUT2D eigenvalue weighted by Crippen LogP contribution is 2.25. The van der Waals surface area contributed by atoms with E-state index in [4.69, 9.17) is 0 Å². The van der Waals surface area contributed by atoms with E-state index < -0.39 is 5.82 Å². The van der Waals surface area contributed by atoms with Gasteiger partial charge in [-0.25, -0.2) is 4.39 Å². The first-order chi connectivity index (χ1) is 15.0. The number of hydrogen-bond donors (Lipinski definition) is 1. The van der Waals surface area contributed by atoms with E-state index in [0.29, 0.717) is 26.2 Å². The fraction of sp³-hybridized carbons (Fsp3) is 0.417. The number of rotatable bonds is 5. The average molecular weight is 425 g/mol. The molecule has 4 rings (SSSR count). The number of carbonyl (C=O) groups is 2. The van der Waals surface area contributed by atoms with E-state index in [2.05, 4.69) is 22.3 Å². The fourth-order valence-corrected chi connectivity index (χ4v) is 4.27. The molecule has 31 heavy (non-hydrogen) atoms. The van der Waals surface area contributed by atoms with Crippen LogP contribution < -0.4 is 10.2 Å². The minimum absolute atomic E-state index is 0.0640. The summed E-state index contributed by atoms with van der Waals surface area (Å²) in [5, 5.41) is 3.01. The van der Waals surface area contributed by atoms with Crippen LogP contribution in [0.25, 0.3) is 0 Å². The first-order valence-electron chi connectivity index (χ1n) is 10.9. The van der Waals surface area contributed by atoms with E-state index in [1.165, 1.54) is 30.7 Å². The van der Waals surface area contributed by atoms with Crippen molar-refractivity contribution in [3.63, 3.8) is 0 Å². The van der Waals surface area contributed by atoms with Crippen molar-refractivity contribution >= 4 is 23.2 Å². The first-order valence-corrected chi connectivity index (χ1v) is 10.9. The summed E-state index contributed by atoms with van der Waals surface area (Å²) in [7, 11) is 0. The largest absolute Gasteiger partial charge is 0.372 e. The van der Waals surface area contributed by atoms with E-state index in [1.807, 2.05) is 17.9 Å². The number of benzene rings is 2. The molecule has 0 aliphatic carbocycles. The standard InChI is InChI=1S/C24H29FN4O2/c1-18-16-19(28-10-4-5-11-28)8-9-22(18)26-23(30)17-27-12-14-29(15-13-27)24(31)20-6-2-3-7-21(20)25/h2-3,6-9,16H,4-5,10-15,17H2,1H3,(H,26,30). The second-order valence-electron chi connectivity index (χ2n) is 8.29. The molecule has 2 aliphatic rings. The summed E-state index contributed by atoms with van der Waals surface area (Å²) in [5.41, 5.74) is 3.20. The van der Waals surface area contributed by atoms with E-state index >= 15 is 0 Å². The summed E-state index contributed by atoms with van der Waals surface area (Å²) in [5.74, 6) is -0.859. The lowest BCUT2D eigenvalue weighted by molar-refractivity contribution is -0.117. The maximum atomic E-state index is 13.9. The third-order valence-electron chi connectivity index (χ3n) is 6.09. The molecule has 2 heterocycles. The molecule has 0 atom stereocenters. The number of anilines is 2. The zero-order valence-corrected chi connectivity index (χ0v) is 17.9. The Morgan fingerprint density at radius 3 is 2.35 bits per heavy atom. The first kappa shape index (κ1) is 21.3. The van der Waals surface area contributed by atoms with Gasteiger partial charge in [0.2, 0.25) is 5.91 Å². The number of aryl methyl sites for hydroxylation is 1. The highest BCUT2D eigenvalue weighted by Gasteiger charge is 2.25. The fourth-order valence-electron chi connectivity index (χ4n) is 4.27. The van der Waals surface area contributed by atoms with Gasteiger partial charge in [-0.3, -0.25) is 14.5 Å². The van der Waals surface area contributed by atoms with Gasteiger partial charge in [-0.1, -0.05) is 12.1 Å². The van der Waals surface area contributed by atoms with Crippen LogP contribution in [0.2, 0.25) is 0 Å². The molecule has 164 valence electrons. The third kappa shape index (κ3) is 5.05. The Bertz CT molecular complexity index is 950. The van der Waals surface area contributed by atoms with Gasteiger partial charge in [-0.05, 0) is 55.7 Å². The molecule has 6 nitrogen and oxygen atoms in total. The van der Waals surface area contributed by atoms with Crippen LogP contribution in [0.15, 0.2) is 42.5 Å². The average Bonchev–Trinajstić information content (AvgIpc) is 3.30. The summed E-state index contributed by atoms with van der Waals surface area (Å²) < 4.78 is 13.9. The Hall–Kier alpha value is -2.93. The van der Waals surface area contributed by atoms with Gasteiger partial charge < -0.3 is 15.1 Å². The molecule has 0 radical (unpaired) electrons. The highest BCUT2D eigenvalue weighted by atomic mass is 19.1. The number of hydrogen-bond acceptors (Lipinski definition) is 4. The second kappa shape index (κ2) is 9.47. The summed E-state index contributed by atoms with van der Waals surface area (Å²) in [4.78, 5) is 31.1. The van der Waals surface area contributed by atoms with E-state index in [-0.39, 0.29) is 23.9 Å². The van der Waals surface area contributed by atoms with E-state index in [1.54, 1.807) is 17.0 Å². The van der Waals surface area contributed by atoms with Gasteiger partial charge in [0.05, 0.1) is 12.1 Å². The highest BCUT2D eigenvalue weighted by molar-refractivity contribution is 5.95. The predicted octanol–water partition coefficient (Wildman–Crippen LogP) is 3.13. The quantitative estimate of drug-likeness (QED) is 0.801. The number of nitrogens with zero attached hydrogens (tertiary/aromatic N) is 3. The topological polar surface area (TPSA) is 55.9 Å². The second-order valence-corrected chi connectivity index (χ2v) is 8.29. The van der Waals surface area contributed by atoms with E-state index in [9.17, 15) is 14.0 Å². The summed E-state index contributed by atoms with van der Waals surface area (Å²) >= 11 is 0. The summed E-state index contributed by atoms with van der Waals surface area (Å²) in [6, 6.07) is 12.2. The number of piperazine rings is 1. The van der Waals surface area contributed by atoms with Gasteiger partial charge in [0.15, 0.2) is 0 Å². The molecule has 0 unspecified atom stereocenters. The Morgan fingerprint density at radius 2 is 1.68 bits per heavy atom. The number of carbonyl (C=O) groups excluding carboxylic acids is 2.